The van der Waals surface area contributed by atoms with Gasteiger partial charge in [0.15, 0.2) is 5.82 Å². The Kier molecular flexibility index (Phi) is 5.74. The van der Waals surface area contributed by atoms with Crippen LogP contribution in [0.5, 0.6) is 5.75 Å². The van der Waals surface area contributed by atoms with Crippen molar-refractivity contribution in [1.29, 1.82) is 0 Å². The van der Waals surface area contributed by atoms with Gasteiger partial charge in [-0.3, -0.25) is 4.79 Å². The summed E-state index contributed by atoms with van der Waals surface area (Å²) >= 11 is 0. The van der Waals surface area contributed by atoms with E-state index in [2.05, 4.69) is 74.7 Å². The summed E-state index contributed by atoms with van der Waals surface area (Å²) in [6.07, 6.45) is 4.84. The topological polar surface area (TPSA) is 83.0 Å². The fourth-order valence-corrected chi connectivity index (χ4v) is 8.11. The molecule has 2 saturated carbocycles. The van der Waals surface area contributed by atoms with Crippen LogP contribution in [0.4, 0.5) is 0 Å². The third kappa shape index (κ3) is 4.05. The lowest BCUT2D eigenvalue weighted by Crippen LogP contribution is -2.38. The summed E-state index contributed by atoms with van der Waals surface area (Å²) in [5.41, 5.74) is 8.84. The number of fused-ring (bicyclic) bond motifs is 5. The van der Waals surface area contributed by atoms with Crippen molar-refractivity contribution in [2.24, 2.45) is 31.8 Å². The molecule has 3 aliphatic rings. The Morgan fingerprint density at radius 2 is 1.73 bits per heavy atom. The van der Waals surface area contributed by atoms with Crippen molar-refractivity contribution in [2.45, 2.75) is 45.2 Å². The van der Waals surface area contributed by atoms with E-state index in [9.17, 15) is 4.79 Å². The average Bonchev–Trinajstić information content (AvgIpc) is 3.26. The van der Waals surface area contributed by atoms with Gasteiger partial charge in [-0.05, 0) is 91.0 Å². The van der Waals surface area contributed by atoms with Crippen LogP contribution in [0.1, 0.15) is 43.0 Å². The van der Waals surface area contributed by atoms with Gasteiger partial charge in [-0.15, -0.1) is 5.10 Å². The van der Waals surface area contributed by atoms with Crippen LogP contribution >= 0.6 is 0 Å². The van der Waals surface area contributed by atoms with E-state index in [0.29, 0.717) is 35.1 Å². The van der Waals surface area contributed by atoms with Crippen LogP contribution in [0.25, 0.3) is 55.6 Å². The zero-order valence-corrected chi connectivity index (χ0v) is 26.2. The number of aryl methyl sites for hydroxylation is 2. The Hall–Kier alpha value is -4.66. The van der Waals surface area contributed by atoms with Gasteiger partial charge in [-0.2, -0.15) is 0 Å². The number of carbonyl (C=O) groups excluding carboxylic acids is 1. The third-order valence-electron chi connectivity index (χ3n) is 10.9. The number of likely N-dealkylation sites (tertiary alicyclic amines) is 1. The summed E-state index contributed by atoms with van der Waals surface area (Å²) in [4.78, 5) is 21.1. The predicted molar refractivity (Wildman–Crippen MR) is 175 cm³/mol. The molecule has 3 atom stereocenters. The second-order valence-corrected chi connectivity index (χ2v) is 13.5. The van der Waals surface area contributed by atoms with Crippen LogP contribution in [0.2, 0.25) is 0 Å². The van der Waals surface area contributed by atoms with Gasteiger partial charge in [0.1, 0.15) is 16.8 Å². The minimum atomic E-state index is 0.0944. The highest BCUT2D eigenvalue weighted by Crippen LogP contribution is 2.44. The molecule has 0 N–H and O–H groups in total. The summed E-state index contributed by atoms with van der Waals surface area (Å²) in [6, 6.07) is 19.5. The lowest BCUT2D eigenvalue weighted by Gasteiger charge is -2.27. The number of imidazole rings is 1. The largest absolute Gasteiger partial charge is 0.494 e. The quantitative estimate of drug-likeness (QED) is 0.220. The molecule has 3 aromatic carbocycles. The number of hydrogen-bond acceptors (Lipinski definition) is 5. The molecule has 3 fully saturated rings. The Balaban J connectivity index is 1.16. The van der Waals surface area contributed by atoms with E-state index in [1.165, 1.54) is 30.2 Å². The van der Waals surface area contributed by atoms with E-state index in [1.807, 2.05) is 29.9 Å². The first kappa shape index (κ1) is 26.7. The first-order chi connectivity index (χ1) is 21.9. The number of ether oxygens (including phenoxy) is 1. The van der Waals surface area contributed by atoms with Gasteiger partial charge >= 0.3 is 0 Å². The molecule has 9 heteroatoms. The molecule has 9 nitrogen and oxygen atoms in total. The van der Waals surface area contributed by atoms with E-state index in [4.69, 9.17) is 9.72 Å². The number of carbonyl (C=O) groups is 1. The van der Waals surface area contributed by atoms with E-state index in [-0.39, 0.29) is 5.91 Å². The average molecular weight is 600 g/mol. The van der Waals surface area contributed by atoms with Gasteiger partial charge in [0.2, 0.25) is 0 Å². The predicted octanol–water partition coefficient (Wildman–Crippen LogP) is 6.43. The van der Waals surface area contributed by atoms with Gasteiger partial charge in [0.05, 0.1) is 23.8 Å². The smallest absolute Gasteiger partial charge is 0.254 e. The van der Waals surface area contributed by atoms with Gasteiger partial charge in [-0.25, -0.2) is 9.67 Å². The molecule has 2 bridgehead atoms. The second kappa shape index (κ2) is 9.67. The van der Waals surface area contributed by atoms with Crippen molar-refractivity contribution in [1.82, 2.24) is 34.0 Å². The molecule has 1 saturated heterocycles. The number of hydrogen-bond donors (Lipinski definition) is 0. The van der Waals surface area contributed by atoms with E-state index in [1.54, 1.807) is 7.11 Å². The number of amides is 1. The zero-order chi connectivity index (χ0) is 30.6. The fourth-order valence-electron chi connectivity index (χ4n) is 8.11. The van der Waals surface area contributed by atoms with Gasteiger partial charge in [0, 0.05) is 49.7 Å². The molecule has 2 unspecified atom stereocenters. The second-order valence-electron chi connectivity index (χ2n) is 13.5. The third-order valence-corrected chi connectivity index (χ3v) is 10.9. The molecule has 0 radical (unpaired) electrons. The number of benzene rings is 3. The van der Waals surface area contributed by atoms with E-state index < -0.39 is 0 Å². The summed E-state index contributed by atoms with van der Waals surface area (Å²) < 4.78 is 12.3. The Labute approximate surface area is 261 Å². The van der Waals surface area contributed by atoms with Crippen LogP contribution in [0, 0.1) is 17.8 Å². The first-order valence-corrected chi connectivity index (χ1v) is 16.2. The number of rotatable bonds is 6. The molecule has 1 amide bonds. The van der Waals surface area contributed by atoms with Crippen LogP contribution < -0.4 is 4.74 Å². The summed E-state index contributed by atoms with van der Waals surface area (Å²) in [5.74, 6) is 3.52. The highest BCUT2D eigenvalue weighted by atomic mass is 16.5. The van der Waals surface area contributed by atoms with Crippen molar-refractivity contribution >= 4 is 38.9 Å². The molecule has 2 aliphatic carbocycles. The first-order valence-electron chi connectivity index (χ1n) is 16.2. The molecule has 9 rings (SSSR count). The van der Waals surface area contributed by atoms with Crippen molar-refractivity contribution in [3.63, 3.8) is 0 Å². The number of piperidine rings is 1. The molecule has 6 aromatic rings. The van der Waals surface area contributed by atoms with Crippen molar-refractivity contribution in [3.05, 3.63) is 60.2 Å². The molecule has 3 aromatic heterocycles. The minimum absolute atomic E-state index is 0.0944. The van der Waals surface area contributed by atoms with E-state index >= 15 is 0 Å². The summed E-state index contributed by atoms with van der Waals surface area (Å²) in [6.45, 7) is 4.10. The van der Waals surface area contributed by atoms with E-state index in [0.717, 1.165) is 64.2 Å². The molecule has 1 aliphatic heterocycles. The van der Waals surface area contributed by atoms with Crippen LogP contribution in [0.3, 0.4) is 0 Å². The standard InChI is InChI=1S/C36H37N7O2/c1-20-25-10-12-29(20)43(19-25)36(44)26-13-28-34(33(17-26)45-4)40(2)35(37-28)32-16-24-8-7-22(14-30(24)42(32)18-21-5-6-21)23-9-11-27-31(15-23)41(3)39-38-27/h7-9,11,13-17,20-21,25,29H,5-6,10,12,18-19H2,1-4H3/t20-,25?,29?/m1/s1. The highest BCUT2D eigenvalue weighted by Gasteiger charge is 2.46. The Bertz CT molecular complexity index is 2170. The van der Waals surface area contributed by atoms with Crippen molar-refractivity contribution in [2.75, 3.05) is 13.7 Å². The lowest BCUT2D eigenvalue weighted by molar-refractivity contribution is 0.0696. The SMILES string of the molecule is COc1cc(C(=O)N2CC3CCC2[C@@H]3C)cc2nc(-c3cc4ccc(-c5ccc6nnn(C)c6c5)cc4n3CC3CC3)n(C)c12. The molecule has 228 valence electrons. The molecular weight excluding hydrogens is 562 g/mol. The maximum Gasteiger partial charge on any atom is 0.254 e. The minimum Gasteiger partial charge on any atom is -0.494 e. The van der Waals surface area contributed by atoms with Crippen molar-refractivity contribution < 1.29 is 9.53 Å². The molecule has 4 heterocycles. The Morgan fingerprint density at radius 1 is 0.933 bits per heavy atom. The fraction of sp³-hybridized carbons (Fsp3) is 0.389. The number of methoxy groups -OCH3 is 1. The van der Waals surface area contributed by atoms with Gasteiger partial charge in [-0.1, -0.05) is 30.3 Å². The molecule has 45 heavy (non-hydrogen) atoms. The summed E-state index contributed by atoms with van der Waals surface area (Å²) in [7, 11) is 5.66. The highest BCUT2D eigenvalue weighted by molar-refractivity contribution is 6.00. The molecular formula is C36H37N7O2. The zero-order valence-electron chi connectivity index (χ0n) is 26.2. The number of nitrogens with zero attached hydrogens (tertiary/aromatic N) is 7. The molecule has 0 spiro atoms. The van der Waals surface area contributed by atoms with Crippen LogP contribution in [-0.4, -0.2) is 59.6 Å². The van der Waals surface area contributed by atoms with Gasteiger partial charge < -0.3 is 18.8 Å². The monoisotopic (exact) mass is 599 g/mol. The van der Waals surface area contributed by atoms with Crippen molar-refractivity contribution in [3.8, 4) is 28.4 Å². The van der Waals surface area contributed by atoms with Crippen LogP contribution in [0.15, 0.2) is 54.6 Å². The lowest BCUT2D eigenvalue weighted by atomic mass is 10.0. The summed E-state index contributed by atoms with van der Waals surface area (Å²) in [5, 5.41) is 9.61. The number of aromatic nitrogens is 6. The maximum absolute atomic E-state index is 13.8. The Morgan fingerprint density at radius 3 is 2.47 bits per heavy atom. The van der Waals surface area contributed by atoms with Crippen LogP contribution in [-0.2, 0) is 20.6 Å². The van der Waals surface area contributed by atoms with Gasteiger partial charge in [0.25, 0.3) is 5.91 Å². The normalized spacial score (nSPS) is 21.2. The maximum atomic E-state index is 13.8.